The molecule has 0 aliphatic heterocycles. The molecule has 0 aromatic heterocycles. The highest BCUT2D eigenvalue weighted by atomic mass is 16.2. The topological polar surface area (TPSA) is 90.5 Å². The maximum absolute atomic E-state index is 12.4. The second kappa shape index (κ2) is 11.0. The van der Waals surface area contributed by atoms with E-state index in [4.69, 9.17) is 0 Å². The molecule has 4 amide bonds. The number of anilines is 3. The van der Waals surface area contributed by atoms with Crippen molar-refractivity contribution in [2.24, 2.45) is 5.92 Å². The Kier molecular flexibility index (Phi) is 8.41. The molecular weight excluding hydrogens is 380 g/mol. The minimum Gasteiger partial charge on any atom is -0.326 e. The largest absolute Gasteiger partial charge is 0.326 e. The number of hydrogen-bond donors (Lipinski definition) is 3. The Morgan fingerprint density at radius 1 is 0.867 bits per heavy atom. The first-order valence-corrected chi connectivity index (χ1v) is 10.1. The zero-order valence-electron chi connectivity index (χ0n) is 18.0. The number of urea groups is 1. The van der Waals surface area contributed by atoms with Crippen molar-refractivity contribution in [2.75, 3.05) is 29.5 Å². The fourth-order valence-corrected chi connectivity index (χ4v) is 2.87. The summed E-state index contributed by atoms with van der Waals surface area (Å²) in [6, 6.07) is 14.0. The minimum atomic E-state index is -0.398. The smallest absolute Gasteiger partial charge is 0.322 e. The van der Waals surface area contributed by atoms with E-state index in [1.54, 1.807) is 31.3 Å². The molecule has 0 aliphatic rings. The van der Waals surface area contributed by atoms with Crippen LogP contribution in [0.5, 0.6) is 0 Å². The Bertz CT molecular complexity index is 878. The summed E-state index contributed by atoms with van der Waals surface area (Å²) in [6.45, 7) is 5.91. The third-order valence-corrected chi connectivity index (χ3v) is 4.41. The summed E-state index contributed by atoms with van der Waals surface area (Å²) >= 11 is 0. The van der Waals surface area contributed by atoms with E-state index in [-0.39, 0.29) is 24.3 Å². The highest BCUT2D eigenvalue weighted by Gasteiger charge is 2.14. The number of carbonyl (C=O) groups excluding carboxylic acids is 3. The van der Waals surface area contributed by atoms with Crippen LogP contribution in [0.25, 0.3) is 0 Å². The van der Waals surface area contributed by atoms with Gasteiger partial charge < -0.3 is 20.9 Å². The standard InChI is InChI=1S/C23H30N4O3/c1-5-17-8-6-7-9-20(17)26-22(29)15-27(4)23(30)25-19-12-10-18(11-13-19)24-21(28)14-16(2)3/h6-13,16H,5,14-15H2,1-4H3,(H,24,28)(H,25,30)(H,26,29). The zero-order valence-corrected chi connectivity index (χ0v) is 18.0. The van der Waals surface area contributed by atoms with E-state index in [0.29, 0.717) is 17.8 Å². The molecular formula is C23H30N4O3. The number of nitrogens with one attached hydrogen (secondary N) is 3. The summed E-state index contributed by atoms with van der Waals surface area (Å²) in [7, 11) is 1.56. The van der Waals surface area contributed by atoms with Gasteiger partial charge in [-0.1, -0.05) is 39.0 Å². The molecule has 0 saturated carbocycles. The average Bonchev–Trinajstić information content (AvgIpc) is 2.69. The van der Waals surface area contributed by atoms with E-state index in [1.807, 2.05) is 45.0 Å². The average molecular weight is 411 g/mol. The fraction of sp³-hybridized carbons (Fsp3) is 0.348. The van der Waals surface area contributed by atoms with Gasteiger partial charge in [-0.2, -0.15) is 0 Å². The molecule has 2 rings (SSSR count). The van der Waals surface area contributed by atoms with Gasteiger partial charge >= 0.3 is 6.03 Å². The lowest BCUT2D eigenvalue weighted by Crippen LogP contribution is -2.37. The first-order valence-electron chi connectivity index (χ1n) is 10.1. The molecule has 30 heavy (non-hydrogen) atoms. The molecule has 0 bridgehead atoms. The molecule has 3 N–H and O–H groups in total. The summed E-state index contributed by atoms with van der Waals surface area (Å²) in [5.74, 6) is -0.0271. The summed E-state index contributed by atoms with van der Waals surface area (Å²) < 4.78 is 0. The lowest BCUT2D eigenvalue weighted by atomic mass is 10.1. The molecule has 0 atom stereocenters. The zero-order chi connectivity index (χ0) is 22.1. The van der Waals surface area contributed by atoms with Crippen molar-refractivity contribution in [3.63, 3.8) is 0 Å². The van der Waals surface area contributed by atoms with Gasteiger partial charge in [0.15, 0.2) is 0 Å². The molecule has 0 aliphatic carbocycles. The summed E-state index contributed by atoms with van der Waals surface area (Å²) in [6.07, 6.45) is 1.26. The van der Waals surface area contributed by atoms with Crippen molar-refractivity contribution >= 4 is 34.9 Å². The normalized spacial score (nSPS) is 10.4. The van der Waals surface area contributed by atoms with Gasteiger partial charge in [-0.25, -0.2) is 4.79 Å². The Labute approximate surface area is 177 Å². The number of hydrogen-bond acceptors (Lipinski definition) is 3. The summed E-state index contributed by atoms with van der Waals surface area (Å²) in [5, 5.41) is 8.41. The van der Waals surface area contributed by atoms with Gasteiger partial charge in [0.2, 0.25) is 11.8 Å². The number of benzene rings is 2. The van der Waals surface area contributed by atoms with Crippen molar-refractivity contribution in [3.8, 4) is 0 Å². The quantitative estimate of drug-likeness (QED) is 0.605. The number of amides is 4. The van der Waals surface area contributed by atoms with E-state index < -0.39 is 6.03 Å². The molecule has 0 heterocycles. The van der Waals surface area contributed by atoms with Crippen molar-refractivity contribution in [1.82, 2.24) is 4.90 Å². The van der Waals surface area contributed by atoms with Crippen molar-refractivity contribution in [3.05, 3.63) is 54.1 Å². The molecule has 0 radical (unpaired) electrons. The van der Waals surface area contributed by atoms with E-state index in [2.05, 4.69) is 16.0 Å². The first-order chi connectivity index (χ1) is 14.3. The molecule has 0 unspecified atom stereocenters. The molecule has 2 aromatic carbocycles. The molecule has 160 valence electrons. The van der Waals surface area contributed by atoms with Gasteiger partial charge in [0, 0.05) is 30.5 Å². The highest BCUT2D eigenvalue weighted by molar-refractivity contribution is 5.97. The van der Waals surface area contributed by atoms with Gasteiger partial charge in [-0.15, -0.1) is 0 Å². The second-order valence-corrected chi connectivity index (χ2v) is 7.57. The predicted octanol–water partition coefficient (Wildman–Crippen LogP) is 4.34. The minimum absolute atomic E-state index is 0.0443. The molecule has 0 fully saturated rings. The third-order valence-electron chi connectivity index (χ3n) is 4.41. The van der Waals surface area contributed by atoms with Gasteiger partial charge in [0.05, 0.1) is 0 Å². The van der Waals surface area contributed by atoms with E-state index in [9.17, 15) is 14.4 Å². The fourth-order valence-electron chi connectivity index (χ4n) is 2.87. The van der Waals surface area contributed by atoms with Crippen LogP contribution in [0.3, 0.4) is 0 Å². The van der Waals surface area contributed by atoms with Crippen molar-refractivity contribution < 1.29 is 14.4 Å². The lowest BCUT2D eigenvalue weighted by molar-refractivity contribution is -0.117. The predicted molar refractivity (Wildman–Crippen MR) is 121 cm³/mol. The number of likely N-dealkylation sites (N-methyl/N-ethyl adjacent to an activating group) is 1. The van der Waals surface area contributed by atoms with Crippen molar-refractivity contribution in [2.45, 2.75) is 33.6 Å². The monoisotopic (exact) mass is 410 g/mol. The Morgan fingerprint density at radius 2 is 1.47 bits per heavy atom. The Balaban J connectivity index is 1.86. The van der Waals surface area contributed by atoms with Crippen LogP contribution < -0.4 is 16.0 Å². The molecule has 0 saturated heterocycles. The van der Waals surface area contributed by atoms with Crippen LogP contribution in [0.15, 0.2) is 48.5 Å². The van der Waals surface area contributed by atoms with Crippen LogP contribution in [0.1, 0.15) is 32.8 Å². The van der Waals surface area contributed by atoms with Crippen LogP contribution >= 0.6 is 0 Å². The number of carbonyl (C=O) groups is 3. The summed E-state index contributed by atoms with van der Waals surface area (Å²) in [5.41, 5.74) is 3.04. The van der Waals surface area contributed by atoms with Gasteiger partial charge in [0.25, 0.3) is 0 Å². The van der Waals surface area contributed by atoms with Crippen LogP contribution in [0, 0.1) is 5.92 Å². The summed E-state index contributed by atoms with van der Waals surface area (Å²) in [4.78, 5) is 37.8. The second-order valence-electron chi connectivity index (χ2n) is 7.57. The first kappa shape index (κ1) is 22.9. The van der Waals surface area contributed by atoms with Gasteiger partial charge in [-0.05, 0) is 48.2 Å². The molecule has 7 heteroatoms. The van der Waals surface area contributed by atoms with E-state index in [0.717, 1.165) is 17.7 Å². The van der Waals surface area contributed by atoms with E-state index in [1.165, 1.54) is 4.90 Å². The van der Waals surface area contributed by atoms with Gasteiger partial charge in [-0.3, -0.25) is 9.59 Å². The Hall–Kier alpha value is -3.35. The molecule has 0 spiro atoms. The van der Waals surface area contributed by atoms with Gasteiger partial charge in [0.1, 0.15) is 6.54 Å². The number of nitrogens with zero attached hydrogens (tertiary/aromatic N) is 1. The lowest BCUT2D eigenvalue weighted by Gasteiger charge is -2.18. The molecule has 2 aromatic rings. The van der Waals surface area contributed by atoms with Crippen LogP contribution in [-0.2, 0) is 16.0 Å². The number of rotatable bonds is 8. The van der Waals surface area contributed by atoms with Crippen LogP contribution in [0.4, 0.5) is 21.9 Å². The van der Waals surface area contributed by atoms with Crippen LogP contribution in [0.2, 0.25) is 0 Å². The third kappa shape index (κ3) is 7.24. The van der Waals surface area contributed by atoms with Crippen molar-refractivity contribution in [1.29, 1.82) is 0 Å². The Morgan fingerprint density at radius 3 is 2.07 bits per heavy atom. The van der Waals surface area contributed by atoms with E-state index >= 15 is 0 Å². The SMILES string of the molecule is CCc1ccccc1NC(=O)CN(C)C(=O)Nc1ccc(NC(=O)CC(C)C)cc1. The number of aryl methyl sites for hydroxylation is 1. The maximum atomic E-state index is 12.4. The number of para-hydroxylation sites is 1. The van der Waals surface area contributed by atoms with Crippen LogP contribution in [-0.4, -0.2) is 36.3 Å². The maximum Gasteiger partial charge on any atom is 0.322 e. The highest BCUT2D eigenvalue weighted by Crippen LogP contribution is 2.16. The molecule has 7 nitrogen and oxygen atoms in total.